The quantitative estimate of drug-likeness (QED) is 0.112. The van der Waals surface area contributed by atoms with E-state index in [0.29, 0.717) is 37.8 Å². The lowest BCUT2D eigenvalue weighted by atomic mass is 10.0. The van der Waals surface area contributed by atoms with Gasteiger partial charge in [-0.15, -0.1) is 0 Å². The van der Waals surface area contributed by atoms with E-state index in [2.05, 4.69) is 15.6 Å². The molecule has 0 fully saturated rings. The highest BCUT2D eigenvalue weighted by atomic mass is 16.4. The minimum Gasteiger partial charge on any atom is -0.508 e. The van der Waals surface area contributed by atoms with E-state index in [1.807, 2.05) is 6.92 Å². The van der Waals surface area contributed by atoms with E-state index in [-0.39, 0.29) is 18.1 Å². The van der Waals surface area contributed by atoms with Gasteiger partial charge in [0, 0.05) is 13.0 Å². The summed E-state index contributed by atoms with van der Waals surface area (Å²) >= 11 is 0. The molecule has 10 N–H and O–H groups in total. The van der Waals surface area contributed by atoms with Gasteiger partial charge >= 0.3 is 5.97 Å². The van der Waals surface area contributed by atoms with Crippen molar-refractivity contribution < 1.29 is 24.6 Å². The topological polar surface area (TPSA) is 206 Å². The van der Waals surface area contributed by atoms with E-state index in [1.54, 1.807) is 12.1 Å². The number of rotatable bonds is 14. The number of benzene rings is 1. The largest absolute Gasteiger partial charge is 0.508 e. The number of amides is 2. The first kappa shape index (κ1) is 26.7. The molecule has 0 bridgehead atoms. The zero-order valence-electron chi connectivity index (χ0n) is 18.3. The Bertz CT molecular complexity index is 779. The summed E-state index contributed by atoms with van der Waals surface area (Å²) in [5.41, 5.74) is 17.0. The molecule has 0 heterocycles. The van der Waals surface area contributed by atoms with E-state index >= 15 is 0 Å². The van der Waals surface area contributed by atoms with Crippen molar-refractivity contribution in [1.29, 1.82) is 0 Å². The van der Waals surface area contributed by atoms with Crippen molar-refractivity contribution in [2.24, 2.45) is 22.2 Å². The molecule has 32 heavy (non-hydrogen) atoms. The minimum absolute atomic E-state index is 0.0279. The second-order valence-electron chi connectivity index (χ2n) is 7.53. The molecular formula is C21H34N6O5. The van der Waals surface area contributed by atoms with Gasteiger partial charge in [-0.2, -0.15) is 0 Å². The Morgan fingerprint density at radius 3 is 2.19 bits per heavy atom. The van der Waals surface area contributed by atoms with E-state index in [1.165, 1.54) is 12.1 Å². The maximum Gasteiger partial charge on any atom is 0.326 e. The van der Waals surface area contributed by atoms with Crippen LogP contribution in [-0.2, 0) is 20.8 Å². The number of carbonyl (C=O) groups excluding carboxylic acids is 2. The Balaban J connectivity index is 2.75. The van der Waals surface area contributed by atoms with Crippen molar-refractivity contribution in [3.63, 3.8) is 0 Å². The van der Waals surface area contributed by atoms with Gasteiger partial charge in [0.2, 0.25) is 11.8 Å². The highest BCUT2D eigenvalue weighted by molar-refractivity contribution is 5.91. The number of hydrogen-bond acceptors (Lipinski definition) is 6. The van der Waals surface area contributed by atoms with Crippen molar-refractivity contribution in [2.75, 3.05) is 6.54 Å². The first-order valence-electron chi connectivity index (χ1n) is 10.6. The molecule has 0 aliphatic heterocycles. The van der Waals surface area contributed by atoms with Gasteiger partial charge in [-0.05, 0) is 37.0 Å². The van der Waals surface area contributed by atoms with Crippen LogP contribution >= 0.6 is 0 Å². The van der Waals surface area contributed by atoms with Gasteiger partial charge in [0.1, 0.15) is 17.8 Å². The molecule has 178 valence electrons. The summed E-state index contributed by atoms with van der Waals surface area (Å²) < 4.78 is 0. The summed E-state index contributed by atoms with van der Waals surface area (Å²) in [6, 6.07) is 3.08. The summed E-state index contributed by atoms with van der Waals surface area (Å²) in [6.07, 6.45) is 2.64. The lowest BCUT2D eigenvalue weighted by Gasteiger charge is -2.23. The van der Waals surface area contributed by atoms with Crippen LogP contribution in [-0.4, -0.2) is 58.6 Å². The van der Waals surface area contributed by atoms with Crippen molar-refractivity contribution in [2.45, 2.75) is 63.6 Å². The Hall–Kier alpha value is -3.34. The number of aliphatic imine (C=N–C) groups is 1. The van der Waals surface area contributed by atoms with Crippen LogP contribution in [0, 0.1) is 0 Å². The third kappa shape index (κ3) is 10.1. The molecule has 0 unspecified atom stereocenters. The molecule has 11 nitrogen and oxygen atoms in total. The van der Waals surface area contributed by atoms with Crippen LogP contribution in [0.2, 0.25) is 0 Å². The van der Waals surface area contributed by atoms with Crippen molar-refractivity contribution in [3.8, 4) is 5.75 Å². The highest BCUT2D eigenvalue weighted by Gasteiger charge is 2.27. The lowest BCUT2D eigenvalue weighted by molar-refractivity contribution is -0.142. The van der Waals surface area contributed by atoms with Crippen LogP contribution in [0.15, 0.2) is 29.3 Å². The summed E-state index contributed by atoms with van der Waals surface area (Å²) in [4.78, 5) is 40.7. The Morgan fingerprint density at radius 2 is 1.62 bits per heavy atom. The van der Waals surface area contributed by atoms with Gasteiger partial charge < -0.3 is 38.0 Å². The molecule has 1 rings (SSSR count). The Labute approximate surface area is 187 Å². The fourth-order valence-corrected chi connectivity index (χ4v) is 2.95. The standard InChI is InChI=1S/C21H34N6O5/c1-2-3-6-16(26-18(29)15(22)5-4-11-25-21(23)24)19(30)27-17(20(31)32)12-13-7-9-14(28)10-8-13/h7-10,15-17,28H,2-6,11-12,22H2,1H3,(H,26,29)(H,27,30)(H,31,32)(H4,23,24,25)/t15-,16-,17-/m0/s1. The van der Waals surface area contributed by atoms with Gasteiger partial charge in [0.15, 0.2) is 5.96 Å². The fraction of sp³-hybridized carbons (Fsp3) is 0.524. The van der Waals surface area contributed by atoms with Gasteiger partial charge in [-0.25, -0.2) is 4.79 Å². The molecular weight excluding hydrogens is 416 g/mol. The molecule has 0 aromatic heterocycles. The number of nitrogens with two attached hydrogens (primary N) is 3. The predicted octanol–water partition coefficient (Wildman–Crippen LogP) is -0.440. The summed E-state index contributed by atoms with van der Waals surface area (Å²) in [5.74, 6) is -2.29. The van der Waals surface area contributed by atoms with Gasteiger partial charge in [0.05, 0.1) is 6.04 Å². The molecule has 0 aliphatic rings. The van der Waals surface area contributed by atoms with E-state index in [0.717, 1.165) is 6.42 Å². The second kappa shape index (κ2) is 13.9. The molecule has 0 radical (unpaired) electrons. The maximum atomic E-state index is 12.8. The number of phenols is 1. The Morgan fingerprint density at radius 1 is 1.00 bits per heavy atom. The number of nitrogens with one attached hydrogen (secondary N) is 2. The number of aliphatic carboxylic acids is 1. The molecule has 0 aliphatic carbocycles. The third-order valence-corrected chi connectivity index (χ3v) is 4.77. The zero-order chi connectivity index (χ0) is 24.1. The number of nitrogens with zero attached hydrogens (tertiary/aromatic N) is 1. The van der Waals surface area contributed by atoms with Gasteiger partial charge in [-0.3, -0.25) is 14.6 Å². The first-order chi connectivity index (χ1) is 15.1. The number of hydrogen-bond donors (Lipinski definition) is 7. The SMILES string of the molecule is CCCC[C@H](NC(=O)[C@@H](N)CCCN=C(N)N)C(=O)N[C@@H](Cc1ccc(O)cc1)C(=O)O. The summed E-state index contributed by atoms with van der Waals surface area (Å²) in [7, 11) is 0. The number of unbranched alkanes of at least 4 members (excludes halogenated alkanes) is 1. The predicted molar refractivity (Wildman–Crippen MR) is 121 cm³/mol. The summed E-state index contributed by atoms with van der Waals surface area (Å²) in [6.45, 7) is 2.28. The molecule has 3 atom stereocenters. The number of phenolic OH excluding ortho intramolecular Hbond substituents is 1. The third-order valence-electron chi connectivity index (χ3n) is 4.77. The summed E-state index contributed by atoms with van der Waals surface area (Å²) in [5, 5.41) is 24.0. The van der Waals surface area contributed by atoms with Gasteiger partial charge in [0.25, 0.3) is 0 Å². The van der Waals surface area contributed by atoms with Crippen LogP contribution in [0.1, 0.15) is 44.6 Å². The van der Waals surface area contributed by atoms with Crippen molar-refractivity contribution in [3.05, 3.63) is 29.8 Å². The molecule has 0 spiro atoms. The number of carboxylic acids is 1. The highest BCUT2D eigenvalue weighted by Crippen LogP contribution is 2.12. The van der Waals surface area contributed by atoms with Crippen LogP contribution in [0.3, 0.4) is 0 Å². The first-order valence-corrected chi connectivity index (χ1v) is 10.6. The smallest absolute Gasteiger partial charge is 0.326 e. The lowest BCUT2D eigenvalue weighted by Crippen LogP contribution is -2.54. The average Bonchev–Trinajstić information content (AvgIpc) is 2.74. The van der Waals surface area contributed by atoms with Crippen molar-refractivity contribution in [1.82, 2.24) is 10.6 Å². The maximum absolute atomic E-state index is 12.8. The minimum atomic E-state index is -1.21. The van der Waals surface area contributed by atoms with Crippen LogP contribution in [0.5, 0.6) is 5.75 Å². The molecule has 0 saturated carbocycles. The number of carbonyl (C=O) groups is 3. The molecule has 0 saturated heterocycles. The van der Waals surface area contributed by atoms with Crippen molar-refractivity contribution >= 4 is 23.7 Å². The number of carboxylic acid groups (broad SMARTS) is 1. The monoisotopic (exact) mass is 450 g/mol. The molecule has 2 amide bonds. The van der Waals surface area contributed by atoms with Gasteiger partial charge in [-0.1, -0.05) is 31.9 Å². The molecule has 1 aromatic rings. The van der Waals surface area contributed by atoms with Crippen LogP contribution in [0.25, 0.3) is 0 Å². The van der Waals surface area contributed by atoms with E-state index < -0.39 is 35.9 Å². The normalized spacial score (nSPS) is 13.4. The molecule has 1 aromatic carbocycles. The average molecular weight is 451 g/mol. The zero-order valence-corrected chi connectivity index (χ0v) is 18.3. The number of aromatic hydroxyl groups is 1. The molecule has 11 heteroatoms. The Kier molecular flexibility index (Phi) is 11.6. The second-order valence-corrected chi connectivity index (χ2v) is 7.53. The van der Waals surface area contributed by atoms with Crippen LogP contribution in [0.4, 0.5) is 0 Å². The van der Waals surface area contributed by atoms with E-state index in [4.69, 9.17) is 17.2 Å². The fourth-order valence-electron chi connectivity index (χ4n) is 2.95. The van der Waals surface area contributed by atoms with Crippen LogP contribution < -0.4 is 27.8 Å². The van der Waals surface area contributed by atoms with E-state index in [9.17, 15) is 24.6 Å². The number of guanidine groups is 1.